The quantitative estimate of drug-likeness (QED) is 0.702. The highest BCUT2D eigenvalue weighted by Crippen LogP contribution is 2.17. The summed E-state index contributed by atoms with van der Waals surface area (Å²) in [4.78, 5) is 0. The normalized spacial score (nSPS) is 13.2. The van der Waals surface area contributed by atoms with Crippen molar-refractivity contribution in [2.24, 2.45) is 5.92 Å². The van der Waals surface area contributed by atoms with E-state index in [1.54, 1.807) is 0 Å². The maximum absolute atomic E-state index is 2.36. The molecule has 15 heavy (non-hydrogen) atoms. The molecule has 1 heterocycles. The highest BCUT2D eigenvalue weighted by molar-refractivity contribution is 5.79. The molecule has 0 saturated heterocycles. The van der Waals surface area contributed by atoms with E-state index in [2.05, 4.69) is 54.9 Å². The molecule has 0 fully saturated rings. The van der Waals surface area contributed by atoms with Crippen LogP contribution in [0.2, 0.25) is 0 Å². The minimum Gasteiger partial charge on any atom is -0.347 e. The molecular weight excluding hydrogens is 182 g/mol. The standard InChI is InChI=1S/C14H19N/c1-3-12(2)8-10-15-11-9-13-6-4-5-7-14(13)15/h4-7,9,11-12H,3,8,10H2,1-2H3. The predicted octanol–water partition coefficient (Wildman–Crippen LogP) is 4.08. The Kier molecular flexibility index (Phi) is 3.10. The number of rotatable bonds is 4. The fraction of sp³-hybridized carbons (Fsp3) is 0.429. The minimum absolute atomic E-state index is 0.825. The Balaban J connectivity index is 2.14. The molecule has 1 unspecified atom stereocenters. The number of fused-ring (bicyclic) bond motifs is 1. The van der Waals surface area contributed by atoms with Crippen LogP contribution in [-0.2, 0) is 6.54 Å². The van der Waals surface area contributed by atoms with Crippen LogP contribution in [0, 0.1) is 5.92 Å². The fourth-order valence-electron chi connectivity index (χ4n) is 1.90. The lowest BCUT2D eigenvalue weighted by atomic mass is 10.1. The Morgan fingerprint density at radius 2 is 2.00 bits per heavy atom. The molecule has 0 N–H and O–H groups in total. The van der Waals surface area contributed by atoms with Crippen LogP contribution in [0.5, 0.6) is 0 Å². The number of hydrogen-bond acceptors (Lipinski definition) is 0. The van der Waals surface area contributed by atoms with E-state index >= 15 is 0 Å². The van der Waals surface area contributed by atoms with Crippen LogP contribution in [0.25, 0.3) is 10.9 Å². The minimum atomic E-state index is 0.825. The van der Waals surface area contributed by atoms with E-state index in [9.17, 15) is 0 Å². The molecule has 1 atom stereocenters. The molecule has 0 radical (unpaired) electrons. The number of hydrogen-bond donors (Lipinski definition) is 0. The zero-order valence-electron chi connectivity index (χ0n) is 9.61. The van der Waals surface area contributed by atoms with Gasteiger partial charge in [0.25, 0.3) is 0 Å². The number of nitrogens with zero attached hydrogens (tertiary/aromatic N) is 1. The highest BCUT2D eigenvalue weighted by Gasteiger charge is 2.02. The van der Waals surface area contributed by atoms with E-state index in [1.807, 2.05) is 0 Å². The van der Waals surface area contributed by atoms with Crippen LogP contribution in [0.1, 0.15) is 26.7 Å². The number of para-hydroxylation sites is 1. The Labute approximate surface area is 91.7 Å². The maximum atomic E-state index is 2.36. The van der Waals surface area contributed by atoms with Crippen molar-refractivity contribution < 1.29 is 0 Å². The third-order valence-corrected chi connectivity index (χ3v) is 3.24. The lowest BCUT2D eigenvalue weighted by Crippen LogP contribution is -2.01. The first-order chi connectivity index (χ1) is 7.31. The Morgan fingerprint density at radius 1 is 1.20 bits per heavy atom. The van der Waals surface area contributed by atoms with E-state index in [-0.39, 0.29) is 0 Å². The van der Waals surface area contributed by atoms with Gasteiger partial charge in [-0.15, -0.1) is 0 Å². The largest absolute Gasteiger partial charge is 0.347 e. The van der Waals surface area contributed by atoms with Gasteiger partial charge in [-0.1, -0.05) is 38.5 Å². The first kappa shape index (κ1) is 10.3. The number of benzene rings is 1. The number of aryl methyl sites for hydroxylation is 1. The first-order valence-electron chi connectivity index (χ1n) is 5.85. The molecule has 0 aliphatic rings. The van der Waals surface area contributed by atoms with Crippen molar-refractivity contribution in [2.75, 3.05) is 0 Å². The molecule has 0 aliphatic carbocycles. The molecule has 2 aromatic rings. The van der Waals surface area contributed by atoms with E-state index in [1.165, 1.54) is 23.7 Å². The summed E-state index contributed by atoms with van der Waals surface area (Å²) in [6, 6.07) is 10.8. The van der Waals surface area contributed by atoms with Crippen molar-refractivity contribution in [2.45, 2.75) is 33.2 Å². The second kappa shape index (κ2) is 4.52. The summed E-state index contributed by atoms with van der Waals surface area (Å²) < 4.78 is 2.36. The predicted molar refractivity (Wildman–Crippen MR) is 66.0 cm³/mol. The molecule has 1 aromatic heterocycles. The Bertz CT molecular complexity index is 428. The van der Waals surface area contributed by atoms with Crippen molar-refractivity contribution in [1.29, 1.82) is 0 Å². The monoisotopic (exact) mass is 201 g/mol. The van der Waals surface area contributed by atoms with Gasteiger partial charge >= 0.3 is 0 Å². The maximum Gasteiger partial charge on any atom is 0.0480 e. The molecule has 80 valence electrons. The van der Waals surface area contributed by atoms with Gasteiger partial charge in [0, 0.05) is 18.3 Å². The zero-order valence-corrected chi connectivity index (χ0v) is 9.61. The SMILES string of the molecule is CCC(C)CCn1ccc2ccccc21. The Hall–Kier alpha value is -1.24. The van der Waals surface area contributed by atoms with E-state index in [4.69, 9.17) is 0 Å². The molecule has 0 spiro atoms. The third-order valence-electron chi connectivity index (χ3n) is 3.24. The topological polar surface area (TPSA) is 4.93 Å². The van der Waals surface area contributed by atoms with Crippen molar-refractivity contribution in [1.82, 2.24) is 4.57 Å². The molecule has 1 heteroatoms. The highest BCUT2D eigenvalue weighted by atomic mass is 14.9. The van der Waals surface area contributed by atoms with Crippen LogP contribution in [0.4, 0.5) is 0 Å². The average molecular weight is 201 g/mol. The summed E-state index contributed by atoms with van der Waals surface area (Å²) in [5.74, 6) is 0.825. The van der Waals surface area contributed by atoms with Gasteiger partial charge in [0.05, 0.1) is 0 Å². The first-order valence-corrected chi connectivity index (χ1v) is 5.85. The van der Waals surface area contributed by atoms with Gasteiger partial charge in [0.1, 0.15) is 0 Å². The van der Waals surface area contributed by atoms with Gasteiger partial charge in [0.2, 0.25) is 0 Å². The molecule has 2 rings (SSSR count). The van der Waals surface area contributed by atoms with Gasteiger partial charge in [-0.2, -0.15) is 0 Å². The van der Waals surface area contributed by atoms with Gasteiger partial charge in [-0.05, 0) is 29.9 Å². The van der Waals surface area contributed by atoms with E-state index in [0.29, 0.717) is 0 Å². The van der Waals surface area contributed by atoms with Crippen molar-refractivity contribution in [3.8, 4) is 0 Å². The summed E-state index contributed by atoms with van der Waals surface area (Å²) in [5.41, 5.74) is 1.36. The van der Waals surface area contributed by atoms with Crippen LogP contribution < -0.4 is 0 Å². The van der Waals surface area contributed by atoms with Crippen LogP contribution in [0.15, 0.2) is 36.5 Å². The van der Waals surface area contributed by atoms with Crippen LogP contribution in [-0.4, -0.2) is 4.57 Å². The lowest BCUT2D eigenvalue weighted by Gasteiger charge is -2.09. The molecule has 1 aromatic carbocycles. The van der Waals surface area contributed by atoms with Gasteiger partial charge < -0.3 is 4.57 Å². The third kappa shape index (κ3) is 2.23. The van der Waals surface area contributed by atoms with Crippen LogP contribution >= 0.6 is 0 Å². The smallest absolute Gasteiger partial charge is 0.0480 e. The van der Waals surface area contributed by atoms with Crippen molar-refractivity contribution in [3.05, 3.63) is 36.5 Å². The second-order valence-electron chi connectivity index (χ2n) is 4.37. The molecule has 0 aliphatic heterocycles. The molecule has 0 saturated carbocycles. The van der Waals surface area contributed by atoms with Crippen molar-refractivity contribution >= 4 is 10.9 Å². The van der Waals surface area contributed by atoms with Gasteiger partial charge in [-0.3, -0.25) is 0 Å². The fourth-order valence-corrected chi connectivity index (χ4v) is 1.90. The molecule has 0 amide bonds. The van der Waals surface area contributed by atoms with Gasteiger partial charge in [-0.25, -0.2) is 0 Å². The van der Waals surface area contributed by atoms with Crippen molar-refractivity contribution in [3.63, 3.8) is 0 Å². The average Bonchev–Trinajstić information content (AvgIpc) is 2.69. The molecular formula is C14H19N. The summed E-state index contributed by atoms with van der Waals surface area (Å²) in [7, 11) is 0. The lowest BCUT2D eigenvalue weighted by molar-refractivity contribution is 0.474. The molecule has 0 bridgehead atoms. The van der Waals surface area contributed by atoms with Crippen LogP contribution in [0.3, 0.4) is 0 Å². The van der Waals surface area contributed by atoms with Gasteiger partial charge in [0.15, 0.2) is 0 Å². The number of aromatic nitrogens is 1. The zero-order chi connectivity index (χ0) is 10.7. The summed E-state index contributed by atoms with van der Waals surface area (Å²) in [6.45, 7) is 5.73. The van der Waals surface area contributed by atoms with E-state index < -0.39 is 0 Å². The second-order valence-corrected chi connectivity index (χ2v) is 4.37. The summed E-state index contributed by atoms with van der Waals surface area (Å²) in [6.07, 6.45) is 4.75. The molecule has 1 nitrogen and oxygen atoms in total. The van der Waals surface area contributed by atoms with E-state index in [0.717, 1.165) is 12.5 Å². The summed E-state index contributed by atoms with van der Waals surface area (Å²) in [5, 5.41) is 1.35. The Morgan fingerprint density at radius 3 is 2.80 bits per heavy atom. The summed E-state index contributed by atoms with van der Waals surface area (Å²) >= 11 is 0.